The van der Waals surface area contributed by atoms with Crippen LogP contribution >= 0.6 is 0 Å². The molecule has 0 radical (unpaired) electrons. The van der Waals surface area contributed by atoms with Gasteiger partial charge in [0, 0.05) is 44.4 Å². The van der Waals surface area contributed by atoms with E-state index in [1.54, 1.807) is 0 Å². The van der Waals surface area contributed by atoms with E-state index in [9.17, 15) is 4.79 Å². The molecule has 1 aliphatic rings. The van der Waals surface area contributed by atoms with Gasteiger partial charge in [0.1, 0.15) is 11.6 Å². The first-order chi connectivity index (χ1) is 13.0. The lowest BCUT2D eigenvalue weighted by molar-refractivity contribution is -0.123. The van der Waals surface area contributed by atoms with Crippen molar-refractivity contribution < 1.29 is 4.79 Å². The molecule has 0 saturated carbocycles. The number of piperazine rings is 1. The predicted octanol–water partition coefficient (Wildman–Crippen LogP) is 2.35. The van der Waals surface area contributed by atoms with Crippen molar-refractivity contribution in [2.24, 2.45) is 0 Å². The zero-order chi connectivity index (χ0) is 19.2. The zero-order valence-corrected chi connectivity index (χ0v) is 16.5. The summed E-state index contributed by atoms with van der Waals surface area (Å²) in [5.74, 6) is 1.97. The molecule has 3 rings (SSSR count). The summed E-state index contributed by atoms with van der Waals surface area (Å²) in [4.78, 5) is 26.0. The molecule has 0 spiro atoms. The highest BCUT2D eigenvalue weighted by atomic mass is 16.2. The summed E-state index contributed by atoms with van der Waals surface area (Å²) in [5.41, 5.74) is 2.13. The number of benzene rings is 1. The standard InChI is InChI=1S/C21H29N5O/c1-4-19-22-16(2)14-20(24-19)26-12-10-25(11-13-26)15-21(27)23-17(3)18-8-6-5-7-9-18/h5-9,14,17H,4,10-13,15H2,1-3H3,(H,23,27)/t17-/m1/s1. The average Bonchev–Trinajstić information content (AvgIpc) is 2.68. The first kappa shape index (κ1) is 19.3. The summed E-state index contributed by atoms with van der Waals surface area (Å²) >= 11 is 0. The van der Waals surface area contributed by atoms with Crippen molar-refractivity contribution >= 4 is 11.7 Å². The normalized spacial score (nSPS) is 16.2. The van der Waals surface area contributed by atoms with Crippen LogP contribution in [-0.2, 0) is 11.2 Å². The third-order valence-electron chi connectivity index (χ3n) is 4.94. The number of carbonyl (C=O) groups is 1. The number of nitrogens with one attached hydrogen (secondary N) is 1. The van der Waals surface area contributed by atoms with Crippen molar-refractivity contribution in [3.05, 3.63) is 53.5 Å². The maximum atomic E-state index is 12.4. The molecule has 2 aromatic rings. The Morgan fingerprint density at radius 1 is 1.15 bits per heavy atom. The lowest BCUT2D eigenvalue weighted by Gasteiger charge is -2.35. The van der Waals surface area contributed by atoms with Gasteiger partial charge in [0.05, 0.1) is 12.6 Å². The number of aromatic nitrogens is 2. The summed E-state index contributed by atoms with van der Waals surface area (Å²) in [6, 6.07) is 12.1. The highest BCUT2D eigenvalue weighted by Crippen LogP contribution is 2.16. The number of carbonyl (C=O) groups excluding carboxylic acids is 1. The molecule has 2 heterocycles. The van der Waals surface area contributed by atoms with Gasteiger partial charge >= 0.3 is 0 Å². The molecule has 1 atom stereocenters. The molecule has 0 unspecified atom stereocenters. The van der Waals surface area contributed by atoms with Gasteiger partial charge in [-0.2, -0.15) is 0 Å². The molecular weight excluding hydrogens is 338 g/mol. The number of hydrogen-bond donors (Lipinski definition) is 1. The molecule has 27 heavy (non-hydrogen) atoms. The Bertz CT molecular complexity index is 756. The number of rotatable bonds is 6. The van der Waals surface area contributed by atoms with Crippen molar-refractivity contribution in [1.29, 1.82) is 0 Å². The van der Waals surface area contributed by atoms with E-state index in [1.807, 2.05) is 50.2 Å². The van der Waals surface area contributed by atoms with Crippen LogP contribution in [0.2, 0.25) is 0 Å². The SMILES string of the molecule is CCc1nc(C)cc(N2CCN(CC(=O)N[C@H](C)c3ccccc3)CC2)n1. The molecule has 1 saturated heterocycles. The molecule has 1 aromatic carbocycles. The minimum absolute atomic E-state index is 0.0245. The van der Waals surface area contributed by atoms with Crippen LogP contribution in [0.4, 0.5) is 5.82 Å². The van der Waals surface area contributed by atoms with Gasteiger partial charge < -0.3 is 10.2 Å². The van der Waals surface area contributed by atoms with Crippen molar-refractivity contribution in [2.75, 3.05) is 37.6 Å². The largest absolute Gasteiger partial charge is 0.354 e. The molecule has 1 aromatic heterocycles. The van der Waals surface area contributed by atoms with Crippen LogP contribution < -0.4 is 10.2 Å². The van der Waals surface area contributed by atoms with Gasteiger partial charge in [-0.1, -0.05) is 37.3 Å². The summed E-state index contributed by atoms with van der Waals surface area (Å²) in [6.45, 7) is 10.0. The van der Waals surface area contributed by atoms with Crippen LogP contribution in [0, 0.1) is 6.92 Å². The molecule has 0 bridgehead atoms. The first-order valence-corrected chi connectivity index (χ1v) is 9.71. The maximum Gasteiger partial charge on any atom is 0.234 e. The Hall–Kier alpha value is -2.47. The number of hydrogen-bond acceptors (Lipinski definition) is 5. The molecule has 6 nitrogen and oxygen atoms in total. The van der Waals surface area contributed by atoms with Gasteiger partial charge in [-0.25, -0.2) is 9.97 Å². The molecule has 144 valence electrons. The van der Waals surface area contributed by atoms with E-state index in [-0.39, 0.29) is 11.9 Å². The van der Waals surface area contributed by atoms with E-state index in [1.165, 1.54) is 0 Å². The topological polar surface area (TPSA) is 61.4 Å². The summed E-state index contributed by atoms with van der Waals surface area (Å²) < 4.78 is 0. The summed E-state index contributed by atoms with van der Waals surface area (Å²) in [6.07, 6.45) is 0.842. The van der Waals surface area contributed by atoms with Crippen molar-refractivity contribution in [2.45, 2.75) is 33.2 Å². The van der Waals surface area contributed by atoms with Gasteiger partial charge in [0.25, 0.3) is 0 Å². The molecule has 1 N–H and O–H groups in total. The van der Waals surface area contributed by atoms with E-state index in [4.69, 9.17) is 0 Å². The Labute approximate surface area is 161 Å². The molecule has 1 aliphatic heterocycles. The van der Waals surface area contributed by atoms with Gasteiger partial charge in [-0.3, -0.25) is 9.69 Å². The second-order valence-electron chi connectivity index (χ2n) is 7.10. The zero-order valence-electron chi connectivity index (χ0n) is 16.5. The van der Waals surface area contributed by atoms with Crippen molar-refractivity contribution in [1.82, 2.24) is 20.2 Å². The number of aryl methyl sites for hydroxylation is 2. The van der Waals surface area contributed by atoms with E-state index in [0.29, 0.717) is 6.54 Å². The highest BCUT2D eigenvalue weighted by molar-refractivity contribution is 5.78. The Morgan fingerprint density at radius 3 is 2.52 bits per heavy atom. The molecule has 1 amide bonds. The Balaban J connectivity index is 1.49. The lowest BCUT2D eigenvalue weighted by Crippen LogP contribution is -2.50. The minimum atomic E-state index is 0.0245. The Morgan fingerprint density at radius 2 is 1.85 bits per heavy atom. The van der Waals surface area contributed by atoms with Crippen LogP contribution in [0.25, 0.3) is 0 Å². The number of anilines is 1. The smallest absolute Gasteiger partial charge is 0.234 e. The summed E-state index contributed by atoms with van der Waals surface area (Å²) in [7, 11) is 0. The molecule has 1 fully saturated rings. The second kappa shape index (κ2) is 8.95. The van der Waals surface area contributed by atoms with Crippen molar-refractivity contribution in [3.63, 3.8) is 0 Å². The first-order valence-electron chi connectivity index (χ1n) is 9.71. The predicted molar refractivity (Wildman–Crippen MR) is 108 cm³/mol. The van der Waals surface area contributed by atoms with Crippen LogP contribution in [0.3, 0.4) is 0 Å². The fraction of sp³-hybridized carbons (Fsp3) is 0.476. The van der Waals surface area contributed by atoms with Crippen molar-refractivity contribution in [3.8, 4) is 0 Å². The van der Waals surface area contributed by atoms with Crippen LogP contribution in [0.5, 0.6) is 0 Å². The quantitative estimate of drug-likeness (QED) is 0.849. The van der Waals surface area contributed by atoms with E-state index in [2.05, 4.69) is 32.0 Å². The van der Waals surface area contributed by atoms with Gasteiger partial charge in [0.2, 0.25) is 5.91 Å². The monoisotopic (exact) mass is 367 g/mol. The third-order valence-corrected chi connectivity index (χ3v) is 4.94. The second-order valence-corrected chi connectivity index (χ2v) is 7.10. The molecule has 0 aliphatic carbocycles. The fourth-order valence-corrected chi connectivity index (χ4v) is 3.38. The Kier molecular flexibility index (Phi) is 6.40. The highest BCUT2D eigenvalue weighted by Gasteiger charge is 2.21. The average molecular weight is 367 g/mol. The van der Waals surface area contributed by atoms with Gasteiger partial charge in [0.15, 0.2) is 0 Å². The van der Waals surface area contributed by atoms with Crippen LogP contribution in [0.1, 0.15) is 37.0 Å². The number of nitrogens with zero attached hydrogens (tertiary/aromatic N) is 4. The van der Waals surface area contributed by atoms with Gasteiger partial charge in [-0.05, 0) is 19.4 Å². The third kappa shape index (κ3) is 5.26. The molecule has 6 heteroatoms. The van der Waals surface area contributed by atoms with E-state index >= 15 is 0 Å². The molecular formula is C21H29N5O. The van der Waals surface area contributed by atoms with Crippen LogP contribution in [0.15, 0.2) is 36.4 Å². The van der Waals surface area contributed by atoms with Crippen LogP contribution in [-0.4, -0.2) is 53.5 Å². The minimum Gasteiger partial charge on any atom is -0.354 e. The maximum absolute atomic E-state index is 12.4. The number of amides is 1. The lowest BCUT2D eigenvalue weighted by atomic mass is 10.1. The fourth-order valence-electron chi connectivity index (χ4n) is 3.38. The van der Waals surface area contributed by atoms with Gasteiger partial charge in [-0.15, -0.1) is 0 Å². The van der Waals surface area contributed by atoms with E-state index in [0.717, 1.165) is 55.5 Å². The summed E-state index contributed by atoms with van der Waals surface area (Å²) in [5, 5.41) is 3.09. The van der Waals surface area contributed by atoms with E-state index < -0.39 is 0 Å².